The third-order valence-corrected chi connectivity index (χ3v) is 3.52. The third-order valence-electron chi connectivity index (χ3n) is 3.52. The molecular weight excluding hydrogens is 268 g/mol. The monoisotopic (exact) mass is 288 g/mol. The lowest BCUT2D eigenvalue weighted by Gasteiger charge is -2.15. The molecule has 1 amide bonds. The SMILES string of the molecule is COCCNC(=O)[C@@H](C)n1cc(C(C)=O)c2ccccc21. The third kappa shape index (κ3) is 3.13. The van der Waals surface area contributed by atoms with Gasteiger partial charge in [-0.3, -0.25) is 9.59 Å². The van der Waals surface area contributed by atoms with Crippen molar-refractivity contribution < 1.29 is 14.3 Å². The molecule has 1 N–H and O–H groups in total. The second kappa shape index (κ2) is 6.54. The summed E-state index contributed by atoms with van der Waals surface area (Å²) in [5, 5.41) is 3.69. The summed E-state index contributed by atoms with van der Waals surface area (Å²) in [5.41, 5.74) is 1.53. The molecule has 2 rings (SSSR count). The van der Waals surface area contributed by atoms with E-state index in [1.54, 1.807) is 13.3 Å². The van der Waals surface area contributed by atoms with Gasteiger partial charge in [0.2, 0.25) is 5.91 Å². The van der Waals surface area contributed by atoms with Crippen LogP contribution in [-0.4, -0.2) is 36.5 Å². The number of fused-ring (bicyclic) bond motifs is 1. The zero-order valence-electron chi connectivity index (χ0n) is 12.6. The normalized spacial score (nSPS) is 12.3. The molecule has 0 radical (unpaired) electrons. The molecule has 1 atom stereocenters. The van der Waals surface area contributed by atoms with Gasteiger partial charge in [0.05, 0.1) is 6.61 Å². The highest BCUT2D eigenvalue weighted by Gasteiger charge is 2.19. The van der Waals surface area contributed by atoms with Gasteiger partial charge in [-0.1, -0.05) is 18.2 Å². The number of nitrogens with one attached hydrogen (secondary N) is 1. The van der Waals surface area contributed by atoms with Crippen molar-refractivity contribution in [1.29, 1.82) is 0 Å². The Labute approximate surface area is 123 Å². The molecule has 21 heavy (non-hydrogen) atoms. The van der Waals surface area contributed by atoms with Crippen LogP contribution < -0.4 is 5.32 Å². The zero-order chi connectivity index (χ0) is 15.4. The molecule has 0 unspecified atom stereocenters. The molecule has 0 bridgehead atoms. The standard InChI is InChI=1S/C16H20N2O3/c1-11(16(20)17-8-9-21-3)18-10-14(12(2)19)13-6-4-5-7-15(13)18/h4-7,10-11H,8-9H2,1-3H3,(H,17,20)/t11-/m1/s1. The average Bonchev–Trinajstić information content (AvgIpc) is 2.86. The van der Waals surface area contributed by atoms with Crippen molar-refractivity contribution in [3.63, 3.8) is 0 Å². The largest absolute Gasteiger partial charge is 0.383 e. The lowest BCUT2D eigenvalue weighted by Crippen LogP contribution is -2.33. The Hall–Kier alpha value is -2.14. The highest BCUT2D eigenvalue weighted by atomic mass is 16.5. The van der Waals surface area contributed by atoms with Crippen LogP contribution in [0.5, 0.6) is 0 Å². The van der Waals surface area contributed by atoms with Crippen molar-refractivity contribution in [2.75, 3.05) is 20.3 Å². The molecule has 1 heterocycles. The number of rotatable bonds is 6. The van der Waals surface area contributed by atoms with Crippen LogP contribution in [0.4, 0.5) is 0 Å². The van der Waals surface area contributed by atoms with E-state index in [9.17, 15) is 9.59 Å². The van der Waals surface area contributed by atoms with Gasteiger partial charge in [0.1, 0.15) is 6.04 Å². The van der Waals surface area contributed by atoms with Crippen LogP contribution in [-0.2, 0) is 9.53 Å². The Bertz CT molecular complexity index is 661. The molecule has 0 spiro atoms. The lowest BCUT2D eigenvalue weighted by atomic mass is 10.1. The number of ketones is 1. The predicted octanol–water partition coefficient (Wildman–Crippen LogP) is 2.17. The molecule has 0 aliphatic carbocycles. The Morgan fingerprint density at radius 3 is 2.71 bits per heavy atom. The number of amides is 1. The second-order valence-electron chi connectivity index (χ2n) is 4.98. The molecule has 2 aromatic rings. The molecule has 1 aromatic carbocycles. The number of carbonyl (C=O) groups excluding carboxylic acids is 2. The quantitative estimate of drug-likeness (QED) is 0.654. The number of benzene rings is 1. The summed E-state index contributed by atoms with van der Waals surface area (Å²) in [5.74, 6) is -0.0974. The number of hydrogen-bond acceptors (Lipinski definition) is 3. The van der Waals surface area contributed by atoms with Gasteiger partial charge in [-0.25, -0.2) is 0 Å². The Balaban J connectivity index is 2.33. The zero-order valence-corrected chi connectivity index (χ0v) is 12.6. The number of para-hydroxylation sites is 1. The minimum absolute atomic E-state index is 0.00283. The molecule has 5 nitrogen and oxygen atoms in total. The molecule has 112 valence electrons. The summed E-state index contributed by atoms with van der Waals surface area (Å²) >= 11 is 0. The number of Topliss-reactive ketones (excluding diaryl/α,β-unsaturated/α-hetero) is 1. The van der Waals surface area contributed by atoms with E-state index in [1.807, 2.05) is 35.8 Å². The number of carbonyl (C=O) groups is 2. The van der Waals surface area contributed by atoms with Gasteiger partial charge < -0.3 is 14.6 Å². The smallest absolute Gasteiger partial charge is 0.242 e. The minimum Gasteiger partial charge on any atom is -0.383 e. The highest BCUT2D eigenvalue weighted by molar-refractivity contribution is 6.07. The van der Waals surface area contributed by atoms with E-state index in [4.69, 9.17) is 4.74 Å². The van der Waals surface area contributed by atoms with Crippen LogP contribution in [0.3, 0.4) is 0 Å². The first-order valence-corrected chi connectivity index (χ1v) is 6.93. The second-order valence-corrected chi connectivity index (χ2v) is 4.98. The summed E-state index contributed by atoms with van der Waals surface area (Å²) in [6.45, 7) is 4.30. The van der Waals surface area contributed by atoms with E-state index in [2.05, 4.69) is 5.32 Å². The van der Waals surface area contributed by atoms with Crippen molar-refractivity contribution in [3.05, 3.63) is 36.0 Å². The molecule has 0 saturated heterocycles. The predicted molar refractivity (Wildman–Crippen MR) is 81.5 cm³/mol. The highest BCUT2D eigenvalue weighted by Crippen LogP contribution is 2.25. The average molecular weight is 288 g/mol. The number of methoxy groups -OCH3 is 1. The summed E-state index contributed by atoms with van der Waals surface area (Å²) < 4.78 is 6.76. The summed E-state index contributed by atoms with van der Waals surface area (Å²) in [6, 6.07) is 7.22. The first-order valence-electron chi connectivity index (χ1n) is 6.93. The van der Waals surface area contributed by atoms with Gasteiger partial charge in [0.15, 0.2) is 5.78 Å². The fourth-order valence-corrected chi connectivity index (χ4v) is 2.36. The maximum absolute atomic E-state index is 12.2. The van der Waals surface area contributed by atoms with Crippen molar-refractivity contribution in [2.24, 2.45) is 0 Å². The van der Waals surface area contributed by atoms with E-state index in [1.165, 1.54) is 6.92 Å². The first kappa shape index (κ1) is 15.3. The molecule has 5 heteroatoms. The van der Waals surface area contributed by atoms with Crippen LogP contribution in [0.15, 0.2) is 30.5 Å². The van der Waals surface area contributed by atoms with Crippen molar-refractivity contribution in [3.8, 4) is 0 Å². The van der Waals surface area contributed by atoms with Gasteiger partial charge in [0.25, 0.3) is 0 Å². The van der Waals surface area contributed by atoms with E-state index in [0.29, 0.717) is 18.7 Å². The van der Waals surface area contributed by atoms with Gasteiger partial charge in [-0.15, -0.1) is 0 Å². The van der Waals surface area contributed by atoms with Crippen LogP contribution in [0.2, 0.25) is 0 Å². The van der Waals surface area contributed by atoms with Gasteiger partial charge in [-0.05, 0) is 19.9 Å². The number of nitrogens with zero attached hydrogens (tertiary/aromatic N) is 1. The van der Waals surface area contributed by atoms with Crippen molar-refractivity contribution in [1.82, 2.24) is 9.88 Å². The molecule has 0 aliphatic rings. The van der Waals surface area contributed by atoms with Gasteiger partial charge >= 0.3 is 0 Å². The molecule has 0 saturated carbocycles. The molecule has 0 aliphatic heterocycles. The minimum atomic E-state index is -0.389. The Kier molecular flexibility index (Phi) is 4.75. The summed E-state index contributed by atoms with van der Waals surface area (Å²) in [6.07, 6.45) is 1.76. The molecule has 1 aromatic heterocycles. The van der Waals surface area contributed by atoms with Crippen molar-refractivity contribution >= 4 is 22.6 Å². The fraction of sp³-hybridized carbons (Fsp3) is 0.375. The topological polar surface area (TPSA) is 60.3 Å². The maximum Gasteiger partial charge on any atom is 0.242 e. The van der Waals surface area contributed by atoms with E-state index < -0.39 is 0 Å². The van der Waals surface area contributed by atoms with Gasteiger partial charge in [0, 0.05) is 36.3 Å². The number of ether oxygens (including phenoxy) is 1. The maximum atomic E-state index is 12.2. The van der Waals surface area contributed by atoms with Crippen molar-refractivity contribution in [2.45, 2.75) is 19.9 Å². The Morgan fingerprint density at radius 1 is 1.33 bits per heavy atom. The van der Waals surface area contributed by atoms with Gasteiger partial charge in [-0.2, -0.15) is 0 Å². The van der Waals surface area contributed by atoms with E-state index >= 15 is 0 Å². The van der Waals surface area contributed by atoms with Crippen LogP contribution in [0, 0.1) is 0 Å². The summed E-state index contributed by atoms with van der Waals surface area (Å²) in [7, 11) is 1.59. The molecule has 0 fully saturated rings. The summed E-state index contributed by atoms with van der Waals surface area (Å²) in [4.78, 5) is 23.9. The lowest BCUT2D eigenvalue weighted by molar-refractivity contribution is -0.123. The molecular formula is C16H20N2O3. The number of aromatic nitrogens is 1. The van der Waals surface area contributed by atoms with Crippen LogP contribution in [0.25, 0.3) is 10.9 Å². The fourth-order valence-electron chi connectivity index (χ4n) is 2.36. The first-order chi connectivity index (χ1) is 10.1. The van der Waals surface area contributed by atoms with Crippen LogP contribution >= 0.6 is 0 Å². The Morgan fingerprint density at radius 2 is 2.05 bits per heavy atom. The van der Waals surface area contributed by atoms with E-state index in [0.717, 1.165) is 10.9 Å². The van der Waals surface area contributed by atoms with E-state index in [-0.39, 0.29) is 17.7 Å². The van der Waals surface area contributed by atoms with Crippen LogP contribution in [0.1, 0.15) is 30.2 Å². The number of hydrogen-bond donors (Lipinski definition) is 1.